The molecule has 1 fully saturated rings. The van der Waals surface area contributed by atoms with Crippen molar-refractivity contribution in [2.45, 2.75) is 59.6 Å². The summed E-state index contributed by atoms with van der Waals surface area (Å²) in [6, 6.07) is 0.109. The van der Waals surface area contributed by atoms with Crippen molar-refractivity contribution in [1.82, 2.24) is 15.5 Å². The standard InChI is InChI=1S/C16H32N4O2.HI/c1-7-17-14(18-10-12(2)3)20-9-8-13(11-20)19-15(21)22-16(4,5)6;/h12-13H,7-11H2,1-6H3,(H,17,18)(H,19,21);1H. The van der Waals surface area contributed by atoms with Gasteiger partial charge in [0.25, 0.3) is 0 Å². The van der Waals surface area contributed by atoms with E-state index in [-0.39, 0.29) is 36.1 Å². The van der Waals surface area contributed by atoms with Gasteiger partial charge in [0, 0.05) is 26.2 Å². The van der Waals surface area contributed by atoms with Crippen LogP contribution in [0.15, 0.2) is 4.99 Å². The molecule has 0 radical (unpaired) electrons. The Kier molecular flexibility index (Phi) is 9.88. The number of nitrogens with zero attached hydrogens (tertiary/aromatic N) is 2. The van der Waals surface area contributed by atoms with Crippen LogP contribution in [0.1, 0.15) is 48.0 Å². The minimum Gasteiger partial charge on any atom is -0.444 e. The molecule has 6 nitrogen and oxygen atoms in total. The first-order valence-corrected chi connectivity index (χ1v) is 8.24. The molecule has 1 atom stereocenters. The Balaban J connectivity index is 0.00000484. The van der Waals surface area contributed by atoms with Gasteiger partial charge < -0.3 is 20.3 Å². The predicted octanol–water partition coefficient (Wildman–Crippen LogP) is 2.82. The van der Waals surface area contributed by atoms with Crippen LogP contribution in [0.3, 0.4) is 0 Å². The van der Waals surface area contributed by atoms with E-state index in [0.29, 0.717) is 5.92 Å². The third-order valence-electron chi connectivity index (χ3n) is 3.15. The molecule has 136 valence electrons. The van der Waals surface area contributed by atoms with E-state index in [1.165, 1.54) is 0 Å². The number of ether oxygens (including phenoxy) is 1. The fraction of sp³-hybridized carbons (Fsp3) is 0.875. The Bertz CT molecular complexity index is 394. The fourth-order valence-electron chi connectivity index (χ4n) is 2.24. The summed E-state index contributed by atoms with van der Waals surface area (Å²) < 4.78 is 5.31. The third-order valence-corrected chi connectivity index (χ3v) is 3.15. The van der Waals surface area contributed by atoms with Crippen LogP contribution in [0, 0.1) is 5.92 Å². The largest absolute Gasteiger partial charge is 0.444 e. The number of amides is 1. The van der Waals surface area contributed by atoms with Gasteiger partial charge >= 0.3 is 6.09 Å². The number of aliphatic imine (C=N–C) groups is 1. The van der Waals surface area contributed by atoms with Crippen molar-refractivity contribution in [2.75, 3.05) is 26.2 Å². The average molecular weight is 440 g/mol. The molecular formula is C16H33IN4O2. The first-order valence-electron chi connectivity index (χ1n) is 8.24. The minimum absolute atomic E-state index is 0. The summed E-state index contributed by atoms with van der Waals surface area (Å²) in [6.07, 6.45) is 0.564. The molecule has 1 saturated heterocycles. The molecule has 0 aromatic carbocycles. The lowest BCUT2D eigenvalue weighted by molar-refractivity contribution is 0.0507. The van der Waals surface area contributed by atoms with Gasteiger partial charge in [-0.15, -0.1) is 24.0 Å². The van der Waals surface area contributed by atoms with E-state index in [9.17, 15) is 4.79 Å². The van der Waals surface area contributed by atoms with Gasteiger partial charge in [-0.3, -0.25) is 4.99 Å². The molecular weight excluding hydrogens is 407 g/mol. The van der Waals surface area contributed by atoms with Crippen molar-refractivity contribution in [3.63, 3.8) is 0 Å². The molecule has 1 heterocycles. The van der Waals surface area contributed by atoms with Crippen LogP contribution in [0.25, 0.3) is 0 Å². The number of alkyl carbamates (subject to hydrolysis) is 1. The molecule has 0 aromatic rings. The molecule has 1 amide bonds. The summed E-state index contributed by atoms with van der Waals surface area (Å²) in [5, 5.41) is 6.27. The minimum atomic E-state index is -0.462. The average Bonchev–Trinajstić information content (AvgIpc) is 2.80. The van der Waals surface area contributed by atoms with Crippen molar-refractivity contribution < 1.29 is 9.53 Å². The number of hydrogen-bond acceptors (Lipinski definition) is 3. The quantitative estimate of drug-likeness (QED) is 0.401. The molecule has 2 N–H and O–H groups in total. The van der Waals surface area contributed by atoms with Gasteiger partial charge in [0.1, 0.15) is 5.60 Å². The van der Waals surface area contributed by atoms with Crippen LogP contribution in [0.2, 0.25) is 0 Å². The number of guanidine groups is 1. The summed E-state index contributed by atoms with van der Waals surface area (Å²) in [5.74, 6) is 1.47. The summed E-state index contributed by atoms with van der Waals surface area (Å²) in [7, 11) is 0. The number of halogens is 1. The van der Waals surface area contributed by atoms with Crippen molar-refractivity contribution >= 4 is 36.0 Å². The molecule has 0 aliphatic carbocycles. The SMILES string of the molecule is CCNC(=NCC(C)C)N1CCC(NC(=O)OC(C)(C)C)C1.I. The summed E-state index contributed by atoms with van der Waals surface area (Å²) in [4.78, 5) is 18.7. The Labute approximate surface area is 157 Å². The highest BCUT2D eigenvalue weighted by Gasteiger charge is 2.27. The molecule has 1 aliphatic rings. The van der Waals surface area contributed by atoms with E-state index < -0.39 is 5.60 Å². The maximum atomic E-state index is 11.8. The number of nitrogens with one attached hydrogen (secondary N) is 2. The molecule has 1 unspecified atom stereocenters. The number of carbonyl (C=O) groups excluding carboxylic acids is 1. The van der Waals surface area contributed by atoms with Crippen molar-refractivity contribution in [3.8, 4) is 0 Å². The second-order valence-corrected chi connectivity index (χ2v) is 7.17. The van der Waals surface area contributed by atoms with E-state index in [2.05, 4.69) is 41.3 Å². The van der Waals surface area contributed by atoms with Gasteiger partial charge in [0.2, 0.25) is 0 Å². The van der Waals surface area contributed by atoms with Crippen molar-refractivity contribution in [1.29, 1.82) is 0 Å². The van der Waals surface area contributed by atoms with Crippen LogP contribution in [-0.4, -0.2) is 54.8 Å². The maximum Gasteiger partial charge on any atom is 0.407 e. The summed E-state index contributed by atoms with van der Waals surface area (Å²) in [5.41, 5.74) is -0.462. The number of hydrogen-bond donors (Lipinski definition) is 2. The van der Waals surface area contributed by atoms with Crippen LogP contribution in [-0.2, 0) is 4.74 Å². The van der Waals surface area contributed by atoms with E-state index in [1.807, 2.05) is 20.8 Å². The lowest BCUT2D eigenvalue weighted by Crippen LogP contribution is -2.44. The zero-order valence-corrected chi connectivity index (χ0v) is 17.6. The van der Waals surface area contributed by atoms with E-state index in [0.717, 1.165) is 38.6 Å². The van der Waals surface area contributed by atoms with Gasteiger partial charge in [0.05, 0.1) is 6.04 Å². The maximum absolute atomic E-state index is 11.8. The first kappa shape index (κ1) is 22.3. The Morgan fingerprint density at radius 1 is 1.39 bits per heavy atom. The van der Waals surface area contributed by atoms with Gasteiger partial charge in [0.15, 0.2) is 5.96 Å². The highest BCUT2D eigenvalue weighted by atomic mass is 127. The van der Waals surface area contributed by atoms with E-state index in [1.54, 1.807) is 0 Å². The zero-order valence-electron chi connectivity index (χ0n) is 15.3. The highest BCUT2D eigenvalue weighted by Crippen LogP contribution is 2.12. The van der Waals surface area contributed by atoms with Gasteiger partial charge in [-0.2, -0.15) is 0 Å². The van der Waals surface area contributed by atoms with E-state index in [4.69, 9.17) is 4.74 Å². The first-order chi connectivity index (χ1) is 10.2. The zero-order chi connectivity index (χ0) is 16.8. The fourth-order valence-corrected chi connectivity index (χ4v) is 2.24. The molecule has 0 spiro atoms. The highest BCUT2D eigenvalue weighted by molar-refractivity contribution is 14.0. The second kappa shape index (κ2) is 10.2. The van der Waals surface area contributed by atoms with E-state index >= 15 is 0 Å². The summed E-state index contributed by atoms with van der Waals surface area (Å²) >= 11 is 0. The Hall–Kier alpha value is -0.730. The Morgan fingerprint density at radius 2 is 2.04 bits per heavy atom. The molecule has 1 aliphatic heterocycles. The van der Waals surface area contributed by atoms with Crippen LogP contribution >= 0.6 is 24.0 Å². The number of carbonyl (C=O) groups is 1. The molecule has 1 rings (SSSR count). The topological polar surface area (TPSA) is 66.0 Å². The molecule has 0 saturated carbocycles. The van der Waals surface area contributed by atoms with Crippen molar-refractivity contribution in [3.05, 3.63) is 0 Å². The summed E-state index contributed by atoms with van der Waals surface area (Å²) in [6.45, 7) is 15.3. The predicted molar refractivity (Wildman–Crippen MR) is 106 cm³/mol. The Morgan fingerprint density at radius 3 is 2.57 bits per heavy atom. The molecule has 0 aromatic heterocycles. The van der Waals surface area contributed by atoms with Crippen LogP contribution in [0.4, 0.5) is 4.79 Å². The number of rotatable bonds is 4. The van der Waals surface area contributed by atoms with Crippen LogP contribution in [0.5, 0.6) is 0 Å². The van der Waals surface area contributed by atoms with Gasteiger partial charge in [-0.25, -0.2) is 4.79 Å². The molecule has 7 heteroatoms. The third kappa shape index (κ3) is 9.22. The van der Waals surface area contributed by atoms with Crippen LogP contribution < -0.4 is 10.6 Å². The normalized spacial score (nSPS) is 18.7. The molecule has 0 bridgehead atoms. The molecule has 23 heavy (non-hydrogen) atoms. The lowest BCUT2D eigenvalue weighted by atomic mass is 10.2. The van der Waals surface area contributed by atoms with Crippen molar-refractivity contribution in [2.24, 2.45) is 10.9 Å². The monoisotopic (exact) mass is 440 g/mol. The number of likely N-dealkylation sites (tertiary alicyclic amines) is 1. The second-order valence-electron chi connectivity index (χ2n) is 7.17. The van der Waals surface area contributed by atoms with Gasteiger partial charge in [-0.1, -0.05) is 13.8 Å². The lowest BCUT2D eigenvalue weighted by Gasteiger charge is -2.23. The van der Waals surface area contributed by atoms with Gasteiger partial charge in [-0.05, 0) is 40.0 Å². The smallest absolute Gasteiger partial charge is 0.407 e.